The van der Waals surface area contributed by atoms with Gasteiger partial charge in [0.05, 0.1) is 0 Å². The van der Waals surface area contributed by atoms with Gasteiger partial charge in [0.1, 0.15) is 0 Å². The van der Waals surface area contributed by atoms with Crippen LogP contribution in [0, 0.1) is 0 Å². The number of benzene rings is 1. The van der Waals surface area contributed by atoms with Crippen molar-refractivity contribution < 1.29 is 0 Å². The van der Waals surface area contributed by atoms with Crippen LogP contribution in [-0.2, 0) is 5.33 Å². The molecular formula is C11H15Br2NS. The van der Waals surface area contributed by atoms with E-state index in [2.05, 4.69) is 68.3 Å². The molecule has 84 valence electrons. The number of alkyl halides is 1. The van der Waals surface area contributed by atoms with Crippen molar-refractivity contribution in [1.29, 1.82) is 0 Å². The van der Waals surface area contributed by atoms with Crippen LogP contribution >= 0.6 is 43.6 Å². The molecule has 1 aromatic rings. The highest BCUT2D eigenvalue weighted by molar-refractivity contribution is 9.10. The Morgan fingerprint density at radius 2 is 2.13 bits per heavy atom. The van der Waals surface area contributed by atoms with Gasteiger partial charge in [-0.25, -0.2) is 0 Å². The van der Waals surface area contributed by atoms with Crippen LogP contribution in [0.3, 0.4) is 0 Å². The molecule has 0 radical (unpaired) electrons. The van der Waals surface area contributed by atoms with E-state index in [1.165, 1.54) is 11.3 Å². The van der Waals surface area contributed by atoms with Gasteiger partial charge in [0, 0.05) is 34.8 Å². The van der Waals surface area contributed by atoms with Crippen LogP contribution in [0.2, 0.25) is 0 Å². The molecular weight excluding hydrogens is 338 g/mol. The molecule has 0 amide bonds. The van der Waals surface area contributed by atoms with Gasteiger partial charge in [-0.05, 0) is 24.0 Å². The molecule has 0 unspecified atom stereocenters. The van der Waals surface area contributed by atoms with Crippen LogP contribution in [0.25, 0.3) is 0 Å². The van der Waals surface area contributed by atoms with E-state index in [0.717, 1.165) is 22.1 Å². The Morgan fingerprint density at radius 1 is 1.40 bits per heavy atom. The van der Waals surface area contributed by atoms with Crippen LogP contribution in [0.15, 0.2) is 22.7 Å². The lowest BCUT2D eigenvalue weighted by Crippen LogP contribution is -2.21. The van der Waals surface area contributed by atoms with Crippen LogP contribution in [-0.4, -0.2) is 25.6 Å². The minimum atomic E-state index is 0.902. The van der Waals surface area contributed by atoms with Gasteiger partial charge in [-0.15, -0.1) is 0 Å². The summed E-state index contributed by atoms with van der Waals surface area (Å²) in [4.78, 5) is 2.30. The van der Waals surface area contributed by atoms with Crippen LogP contribution < -0.4 is 4.90 Å². The van der Waals surface area contributed by atoms with Crippen LogP contribution in [0.5, 0.6) is 0 Å². The second-order valence-electron chi connectivity index (χ2n) is 3.32. The molecule has 0 atom stereocenters. The van der Waals surface area contributed by atoms with E-state index >= 15 is 0 Å². The van der Waals surface area contributed by atoms with Crippen LogP contribution in [0.4, 0.5) is 5.69 Å². The molecule has 4 heteroatoms. The fourth-order valence-corrected chi connectivity index (χ4v) is 2.63. The predicted octanol–water partition coefficient (Wildman–Crippen LogP) is 4.14. The molecule has 0 heterocycles. The molecule has 0 saturated carbocycles. The van der Waals surface area contributed by atoms with Gasteiger partial charge in [0.25, 0.3) is 0 Å². The number of thioether (sulfide) groups is 1. The lowest BCUT2D eigenvalue weighted by Gasteiger charge is -2.21. The summed E-state index contributed by atoms with van der Waals surface area (Å²) < 4.78 is 1.14. The molecule has 0 saturated heterocycles. The van der Waals surface area contributed by atoms with Crippen molar-refractivity contribution in [3.05, 3.63) is 28.2 Å². The summed E-state index contributed by atoms with van der Waals surface area (Å²) in [6.07, 6.45) is 2.14. The number of rotatable bonds is 5. The zero-order valence-corrected chi connectivity index (χ0v) is 13.0. The minimum absolute atomic E-state index is 0.902. The van der Waals surface area contributed by atoms with Gasteiger partial charge in [-0.3, -0.25) is 0 Å². The Balaban J connectivity index is 2.85. The van der Waals surface area contributed by atoms with E-state index in [4.69, 9.17) is 0 Å². The molecule has 15 heavy (non-hydrogen) atoms. The Kier molecular flexibility index (Phi) is 6.09. The molecule has 1 aromatic carbocycles. The van der Waals surface area contributed by atoms with E-state index in [1.54, 1.807) is 0 Å². The fraction of sp³-hybridized carbons (Fsp3) is 0.455. The summed E-state index contributed by atoms with van der Waals surface area (Å²) in [5, 5.41) is 0.902. The van der Waals surface area contributed by atoms with Gasteiger partial charge in [-0.2, -0.15) is 11.8 Å². The molecule has 1 rings (SSSR count). The molecule has 0 aliphatic heterocycles. The smallest absolute Gasteiger partial charge is 0.0416 e. The second kappa shape index (κ2) is 6.81. The molecule has 0 aliphatic carbocycles. The van der Waals surface area contributed by atoms with E-state index in [1.807, 2.05) is 11.8 Å². The van der Waals surface area contributed by atoms with E-state index in [-0.39, 0.29) is 0 Å². The number of halogens is 2. The van der Waals surface area contributed by atoms with Crippen molar-refractivity contribution in [2.75, 3.05) is 30.5 Å². The Morgan fingerprint density at radius 3 is 2.73 bits per heavy atom. The molecule has 0 fully saturated rings. The molecule has 0 spiro atoms. The molecule has 0 bridgehead atoms. The molecule has 0 aliphatic rings. The van der Waals surface area contributed by atoms with Crippen molar-refractivity contribution in [2.45, 2.75) is 5.33 Å². The number of hydrogen-bond acceptors (Lipinski definition) is 2. The number of nitrogens with zero attached hydrogens (tertiary/aromatic N) is 1. The first-order valence-corrected chi connectivity index (χ1v) is 8.04. The lowest BCUT2D eigenvalue weighted by molar-refractivity contribution is 0.969. The van der Waals surface area contributed by atoms with E-state index in [0.29, 0.717) is 0 Å². The first-order chi connectivity index (χ1) is 7.19. The zero-order valence-electron chi connectivity index (χ0n) is 8.96. The van der Waals surface area contributed by atoms with Gasteiger partial charge < -0.3 is 4.90 Å². The molecule has 0 N–H and O–H groups in total. The normalized spacial score (nSPS) is 10.4. The third kappa shape index (κ3) is 4.00. The highest BCUT2D eigenvalue weighted by atomic mass is 79.9. The van der Waals surface area contributed by atoms with Gasteiger partial charge in [-0.1, -0.05) is 37.9 Å². The van der Waals surface area contributed by atoms with Crippen molar-refractivity contribution in [3.63, 3.8) is 0 Å². The van der Waals surface area contributed by atoms with Gasteiger partial charge in [0.2, 0.25) is 0 Å². The first kappa shape index (κ1) is 13.4. The third-order valence-electron chi connectivity index (χ3n) is 2.23. The summed E-state index contributed by atoms with van der Waals surface area (Å²) >= 11 is 8.91. The second-order valence-corrected chi connectivity index (χ2v) is 5.78. The summed E-state index contributed by atoms with van der Waals surface area (Å²) in [7, 11) is 2.14. The quantitative estimate of drug-likeness (QED) is 0.732. The van der Waals surface area contributed by atoms with Gasteiger partial charge >= 0.3 is 0 Å². The summed E-state index contributed by atoms with van der Waals surface area (Å²) in [5.74, 6) is 1.16. The van der Waals surface area contributed by atoms with Crippen molar-refractivity contribution in [1.82, 2.24) is 0 Å². The maximum atomic E-state index is 3.52. The average Bonchev–Trinajstić information content (AvgIpc) is 2.25. The Bertz CT molecular complexity index is 317. The lowest BCUT2D eigenvalue weighted by atomic mass is 10.2. The molecule has 0 aromatic heterocycles. The van der Waals surface area contributed by atoms with E-state index < -0.39 is 0 Å². The van der Waals surface area contributed by atoms with Crippen molar-refractivity contribution >= 4 is 49.3 Å². The number of hydrogen-bond donors (Lipinski definition) is 0. The zero-order chi connectivity index (χ0) is 11.3. The summed E-state index contributed by atoms with van der Waals surface area (Å²) in [5.41, 5.74) is 2.64. The van der Waals surface area contributed by atoms with Crippen molar-refractivity contribution in [2.24, 2.45) is 0 Å². The largest absolute Gasteiger partial charge is 0.373 e. The predicted molar refractivity (Wildman–Crippen MR) is 78.4 cm³/mol. The van der Waals surface area contributed by atoms with E-state index in [9.17, 15) is 0 Å². The maximum absolute atomic E-state index is 3.52. The van der Waals surface area contributed by atoms with Gasteiger partial charge in [0.15, 0.2) is 0 Å². The highest BCUT2D eigenvalue weighted by Gasteiger charge is 2.06. The SMILES string of the molecule is CSCCN(C)c1cc(Br)ccc1CBr. The number of anilines is 1. The third-order valence-corrected chi connectivity index (χ3v) is 3.92. The summed E-state index contributed by atoms with van der Waals surface area (Å²) in [6, 6.07) is 6.42. The average molecular weight is 353 g/mol. The molecule has 1 nitrogen and oxygen atoms in total. The summed E-state index contributed by atoms with van der Waals surface area (Å²) in [6.45, 7) is 1.08. The van der Waals surface area contributed by atoms with Crippen molar-refractivity contribution in [3.8, 4) is 0 Å². The fourth-order valence-electron chi connectivity index (χ4n) is 1.35. The topological polar surface area (TPSA) is 3.24 Å². The standard InChI is InChI=1S/C11H15Br2NS/c1-14(5-6-15-2)11-7-10(13)4-3-9(11)8-12/h3-4,7H,5-6,8H2,1-2H3. The Hall–Kier alpha value is 0.330. The highest BCUT2D eigenvalue weighted by Crippen LogP contribution is 2.26. The monoisotopic (exact) mass is 351 g/mol. The van der Waals surface area contributed by atoms with Crippen LogP contribution in [0.1, 0.15) is 5.56 Å². The minimum Gasteiger partial charge on any atom is -0.373 e. The Labute approximate surface area is 113 Å². The maximum Gasteiger partial charge on any atom is 0.0416 e. The first-order valence-electron chi connectivity index (χ1n) is 4.73.